The van der Waals surface area contributed by atoms with Gasteiger partial charge < -0.3 is 10.6 Å². The third kappa shape index (κ3) is 3.49. The van der Waals surface area contributed by atoms with Gasteiger partial charge in [-0.3, -0.25) is 5.10 Å². The van der Waals surface area contributed by atoms with Gasteiger partial charge in [-0.15, -0.1) is 0 Å². The quantitative estimate of drug-likeness (QED) is 0.351. The van der Waals surface area contributed by atoms with Gasteiger partial charge in [-0.2, -0.15) is 19.1 Å². The lowest BCUT2D eigenvalue weighted by Gasteiger charge is -2.24. The normalized spacial score (nSPS) is 17.1. The number of nitrogens with one attached hydrogen (secondary N) is 3. The molecule has 5 rings (SSSR count). The van der Waals surface area contributed by atoms with Gasteiger partial charge in [0, 0.05) is 18.0 Å². The van der Waals surface area contributed by atoms with Gasteiger partial charge in [-0.05, 0) is 75.8 Å². The largest absolute Gasteiger partial charge is 0.330 e. The Hall–Kier alpha value is -1.82. The summed E-state index contributed by atoms with van der Waals surface area (Å²) in [6.07, 6.45) is 5.86. The first kappa shape index (κ1) is 19.2. The summed E-state index contributed by atoms with van der Waals surface area (Å²) in [5, 5.41) is 19.6. The van der Waals surface area contributed by atoms with Crippen molar-refractivity contribution in [2.45, 2.75) is 25.7 Å². The molecule has 0 aromatic carbocycles. The Kier molecular flexibility index (Phi) is 5.14. The predicted octanol–water partition coefficient (Wildman–Crippen LogP) is 4.62. The topological polar surface area (TPSA) is 95.8 Å². The third-order valence-corrected chi connectivity index (χ3v) is 7.23. The van der Waals surface area contributed by atoms with Crippen LogP contribution in [0.25, 0.3) is 16.8 Å². The number of halogens is 2. The van der Waals surface area contributed by atoms with Crippen LogP contribution in [0.2, 0.25) is 0 Å². The van der Waals surface area contributed by atoms with Crippen molar-refractivity contribution in [3.05, 3.63) is 38.9 Å². The Morgan fingerprint density at radius 3 is 2.86 bits per heavy atom. The van der Waals surface area contributed by atoms with E-state index in [1.165, 1.54) is 11.5 Å². The van der Waals surface area contributed by atoms with Crippen LogP contribution in [-0.4, -0.2) is 42.3 Å². The van der Waals surface area contributed by atoms with Crippen LogP contribution in [0.4, 0.5) is 10.8 Å². The Balaban J connectivity index is 1.71. The Bertz CT molecular complexity index is 1170. The lowest BCUT2D eigenvalue weighted by atomic mass is 9.96. The van der Waals surface area contributed by atoms with Crippen LogP contribution in [0.1, 0.15) is 30.1 Å². The van der Waals surface area contributed by atoms with E-state index in [0.29, 0.717) is 5.92 Å². The molecule has 1 aliphatic heterocycles. The van der Waals surface area contributed by atoms with Crippen molar-refractivity contribution in [2.75, 3.05) is 18.4 Å². The molecule has 0 saturated carbocycles. The molecule has 1 unspecified atom stereocenters. The van der Waals surface area contributed by atoms with Crippen LogP contribution in [0.5, 0.6) is 0 Å². The van der Waals surface area contributed by atoms with E-state index in [4.69, 9.17) is 4.98 Å². The molecule has 1 saturated heterocycles. The molecule has 0 spiro atoms. The number of H-pyrrole nitrogens is 1. The highest BCUT2D eigenvalue weighted by Gasteiger charge is 2.25. The average molecular weight is 538 g/mol. The molecule has 1 atom stereocenters. The zero-order valence-electron chi connectivity index (χ0n) is 15.5. The molecule has 1 fully saturated rings. The van der Waals surface area contributed by atoms with Gasteiger partial charge in [-0.25, -0.2) is 4.98 Å². The molecule has 0 bridgehead atoms. The van der Waals surface area contributed by atoms with E-state index in [1.807, 2.05) is 23.7 Å². The number of hydrogen-bond acceptors (Lipinski definition) is 7. The highest BCUT2D eigenvalue weighted by molar-refractivity contribution is 9.11. The molecule has 150 valence electrons. The number of aromatic nitrogens is 6. The van der Waals surface area contributed by atoms with E-state index in [0.717, 1.165) is 74.0 Å². The average Bonchev–Trinajstić information content (AvgIpc) is 3.44. The Morgan fingerprint density at radius 1 is 1.28 bits per heavy atom. The predicted molar refractivity (Wildman–Crippen MR) is 121 cm³/mol. The molecule has 3 N–H and O–H groups in total. The highest BCUT2D eigenvalue weighted by Crippen LogP contribution is 2.38. The van der Waals surface area contributed by atoms with Gasteiger partial charge in [0.15, 0.2) is 11.5 Å². The second-order valence-electron chi connectivity index (χ2n) is 7.05. The molecule has 0 radical (unpaired) electrons. The van der Waals surface area contributed by atoms with Gasteiger partial charge in [0.25, 0.3) is 0 Å². The van der Waals surface area contributed by atoms with E-state index in [-0.39, 0.29) is 0 Å². The monoisotopic (exact) mass is 536 g/mol. The molecule has 1 aliphatic rings. The fourth-order valence-electron chi connectivity index (χ4n) is 3.64. The molecule has 0 amide bonds. The first-order chi connectivity index (χ1) is 14.1. The first-order valence-electron chi connectivity index (χ1n) is 9.29. The maximum absolute atomic E-state index is 5.06. The number of hydrogen-bond donors (Lipinski definition) is 3. The third-order valence-electron chi connectivity index (χ3n) is 5.05. The summed E-state index contributed by atoms with van der Waals surface area (Å²) in [4.78, 5) is 5.06. The van der Waals surface area contributed by atoms with Crippen molar-refractivity contribution in [3.63, 3.8) is 0 Å². The molecule has 29 heavy (non-hydrogen) atoms. The minimum absolute atomic E-state index is 0.336. The van der Waals surface area contributed by atoms with Crippen LogP contribution in [0.3, 0.4) is 0 Å². The molecule has 11 heteroatoms. The van der Waals surface area contributed by atoms with E-state index in [9.17, 15) is 0 Å². The lowest BCUT2D eigenvalue weighted by Crippen LogP contribution is -2.29. The van der Waals surface area contributed by atoms with Crippen LogP contribution in [0, 0.1) is 6.92 Å². The summed E-state index contributed by atoms with van der Waals surface area (Å²) in [7, 11) is 0. The summed E-state index contributed by atoms with van der Waals surface area (Å²) in [5.41, 5.74) is 4.67. The zero-order chi connectivity index (χ0) is 20.0. The van der Waals surface area contributed by atoms with E-state index in [2.05, 4.69) is 62.2 Å². The molecular formula is C18H18Br2N8S. The number of fused-ring (bicyclic) bond motifs is 1. The number of nitrogens with zero attached hydrogens (tertiary/aromatic N) is 5. The minimum atomic E-state index is 0.336. The van der Waals surface area contributed by atoms with Crippen molar-refractivity contribution < 1.29 is 0 Å². The minimum Gasteiger partial charge on any atom is -0.330 e. The van der Waals surface area contributed by atoms with Crippen molar-refractivity contribution in [1.82, 2.24) is 34.5 Å². The molecule has 5 heterocycles. The maximum Gasteiger partial charge on any atom is 0.165 e. The van der Waals surface area contributed by atoms with Crippen molar-refractivity contribution in [3.8, 4) is 11.1 Å². The smallest absolute Gasteiger partial charge is 0.165 e. The first-order valence-corrected chi connectivity index (χ1v) is 11.6. The van der Waals surface area contributed by atoms with Crippen molar-refractivity contribution in [2.24, 2.45) is 0 Å². The van der Waals surface area contributed by atoms with Crippen LogP contribution in [-0.2, 0) is 0 Å². The van der Waals surface area contributed by atoms with Gasteiger partial charge in [-0.1, -0.05) is 0 Å². The molecule has 4 aromatic rings. The molecular weight excluding hydrogens is 520 g/mol. The Labute approximate surface area is 187 Å². The molecule has 4 aromatic heterocycles. The summed E-state index contributed by atoms with van der Waals surface area (Å²) >= 11 is 8.78. The number of aromatic amines is 1. The van der Waals surface area contributed by atoms with Crippen LogP contribution in [0.15, 0.2) is 27.5 Å². The van der Waals surface area contributed by atoms with Crippen molar-refractivity contribution in [1.29, 1.82) is 0 Å². The lowest BCUT2D eigenvalue weighted by molar-refractivity contribution is 0.453. The number of anilines is 2. The van der Waals surface area contributed by atoms with E-state index < -0.39 is 0 Å². The SMILES string of the molecule is Cc1cc(Nc2c(Br)c(C3CCCNC3)nc3c(-c4cn[nH]c4Br)cnn23)sn1. The standard InChI is InChI=1S/C18H18Br2N8S/c1-9-5-13(29-27-9)24-18-14(19)15(10-3-2-4-21-6-10)25-17-12(8-23-28(17)18)11-7-22-26-16(11)20/h5,7-8,10,21,24H,2-4,6H2,1H3,(H,22,26). The number of piperidine rings is 1. The Morgan fingerprint density at radius 2 is 2.17 bits per heavy atom. The second-order valence-corrected chi connectivity index (χ2v) is 9.44. The summed E-state index contributed by atoms with van der Waals surface area (Å²) < 4.78 is 7.97. The van der Waals surface area contributed by atoms with Gasteiger partial charge in [0.05, 0.1) is 33.8 Å². The van der Waals surface area contributed by atoms with Crippen LogP contribution >= 0.6 is 43.4 Å². The fourth-order valence-corrected chi connectivity index (χ4v) is 5.40. The maximum atomic E-state index is 5.06. The van der Waals surface area contributed by atoms with Crippen LogP contribution < -0.4 is 10.6 Å². The number of rotatable bonds is 4. The molecule has 8 nitrogen and oxygen atoms in total. The summed E-state index contributed by atoms with van der Waals surface area (Å²) in [6.45, 7) is 3.96. The van der Waals surface area contributed by atoms with Crippen molar-refractivity contribution >= 4 is 59.9 Å². The second kappa shape index (κ2) is 7.78. The van der Waals surface area contributed by atoms with E-state index in [1.54, 1.807) is 6.20 Å². The van der Waals surface area contributed by atoms with Gasteiger partial charge in [0.2, 0.25) is 0 Å². The fraction of sp³-hybridized carbons (Fsp3) is 0.333. The van der Waals surface area contributed by atoms with E-state index >= 15 is 0 Å². The van der Waals surface area contributed by atoms with Gasteiger partial charge in [0.1, 0.15) is 9.60 Å². The molecule has 0 aliphatic carbocycles. The zero-order valence-corrected chi connectivity index (χ0v) is 19.5. The van der Waals surface area contributed by atoms with Gasteiger partial charge >= 0.3 is 0 Å². The number of aryl methyl sites for hydroxylation is 1. The highest BCUT2D eigenvalue weighted by atomic mass is 79.9. The summed E-state index contributed by atoms with van der Waals surface area (Å²) in [6, 6.07) is 2.03. The summed E-state index contributed by atoms with van der Waals surface area (Å²) in [5.74, 6) is 1.19.